The highest BCUT2D eigenvalue weighted by Gasteiger charge is 2.58. The Morgan fingerprint density at radius 2 is 0.782 bits per heavy atom. The summed E-state index contributed by atoms with van der Waals surface area (Å²) >= 11 is 0. The van der Waals surface area contributed by atoms with Crippen LogP contribution in [0.5, 0.6) is 0 Å². The molecule has 582 valence electrons. The summed E-state index contributed by atoms with van der Waals surface area (Å²) in [7, 11) is 1.21. The van der Waals surface area contributed by atoms with Crippen molar-refractivity contribution in [2.75, 3.05) is 40.1 Å². The van der Waals surface area contributed by atoms with Crippen molar-refractivity contribution in [1.29, 1.82) is 0 Å². The lowest BCUT2D eigenvalue weighted by atomic mass is 9.93. The van der Waals surface area contributed by atoms with E-state index < -0.39 is 252 Å². The summed E-state index contributed by atoms with van der Waals surface area (Å²) in [5.74, 6) is -4.53. The molecule has 0 aromatic carbocycles. The average Bonchev–Trinajstić information content (AvgIpc) is 0.772. The van der Waals surface area contributed by atoms with Gasteiger partial charge in [-0.2, -0.15) is 0 Å². The number of hydrogen-bond acceptors (Lipinski definition) is 31. The summed E-state index contributed by atoms with van der Waals surface area (Å²) < 4.78 is 77.4. The first-order valence-corrected chi connectivity index (χ1v) is 34.9. The largest absolute Gasteiger partial charge is 0.463 e. The Hall–Kier alpha value is -4.40. The average molecular weight is 1460 g/mol. The van der Waals surface area contributed by atoms with Gasteiger partial charge >= 0.3 is 5.97 Å². The third kappa shape index (κ3) is 24.1. The first kappa shape index (κ1) is 85.5. The summed E-state index contributed by atoms with van der Waals surface area (Å²) in [6.45, 7) is 4.63. The van der Waals surface area contributed by atoms with Crippen LogP contribution in [-0.2, 0) is 90.3 Å². The Kier molecular flexibility index (Phi) is 35.6. The van der Waals surface area contributed by atoms with E-state index in [4.69, 9.17) is 61.6 Å². The summed E-state index contributed by atoms with van der Waals surface area (Å²) in [4.78, 5) is 76.7. The molecule has 6 rings (SSSR count). The van der Waals surface area contributed by atoms with Gasteiger partial charge in [-0.3, -0.25) is 28.8 Å². The lowest BCUT2D eigenvalue weighted by Gasteiger charge is -2.51. The molecule has 6 aliphatic heterocycles. The normalized spacial score (nSPS) is 39.0. The zero-order chi connectivity index (χ0) is 74.4. The molecule has 36 heteroatoms. The molecule has 30 atom stereocenters. The molecule has 101 heavy (non-hydrogen) atoms. The molecule has 17 unspecified atom stereocenters. The number of ether oxygens (including phenoxy) is 13. The highest BCUT2D eigenvalue weighted by Crippen LogP contribution is 2.37. The van der Waals surface area contributed by atoms with Gasteiger partial charge in [0.2, 0.25) is 29.5 Å². The van der Waals surface area contributed by atoms with E-state index in [1.54, 1.807) is 0 Å². The monoisotopic (exact) mass is 1460 g/mol. The van der Waals surface area contributed by atoms with Crippen LogP contribution in [0.1, 0.15) is 138 Å². The van der Waals surface area contributed by atoms with Crippen molar-refractivity contribution in [2.24, 2.45) is 0 Å². The molecular formula is C65H111N5O31. The minimum Gasteiger partial charge on any atom is -0.463 e. The number of carbonyl (C=O) groups excluding carboxylic acids is 6. The number of esters is 1. The number of rotatable bonds is 37. The molecule has 6 aliphatic rings. The standard InChI is InChI=1S/C65H111N5O31/c1-9-10-11-12-13-14-15-16-17-18-19-20-21-22-23-24-41(79)70-43-49(82)48(81)39(28-90-35(7)78)97-61(43)98-55-36(25-71)94-62(44(51(55)84)67-32(4)75)99-56-37(26-72)95-63(45(52(56)85)68-33(5)76)100-57-38(27-73)96-64(46(53(57)86)69-34(6)77)101-58-40(93-60(88)42(50(58)83)66-31(3)74)29-91-65-59(89-8)54(87)47(80)30(2)92-65/h14-15,30,36-40,42-65,71-73,80-88H,9-13,16-29H2,1-8H3,(H,66,74)(H,67,75)(H,68,76)(H,69,77)(H,70,79)/b15-14-/t30?,36?,37?,38?,39?,40?,42-,43?,44?,45?,46?,47+,48-,49?,50?,51?,52?,53?,54?,55+,56+,57+,58+,59?,60+,61-,62-,63-,64-,65+/m0/s1. The molecule has 17 N–H and O–H groups in total. The highest BCUT2D eigenvalue weighted by molar-refractivity contribution is 5.76. The van der Waals surface area contributed by atoms with Crippen LogP contribution in [0.4, 0.5) is 0 Å². The van der Waals surface area contributed by atoms with E-state index in [1.807, 2.05) is 0 Å². The lowest BCUT2D eigenvalue weighted by molar-refractivity contribution is -0.368. The van der Waals surface area contributed by atoms with Crippen molar-refractivity contribution in [2.45, 2.75) is 322 Å². The summed E-state index contributed by atoms with van der Waals surface area (Å²) in [6.07, 6.45) is -25.3. The third-order valence-electron chi connectivity index (χ3n) is 18.5. The Morgan fingerprint density at radius 1 is 0.396 bits per heavy atom. The van der Waals surface area contributed by atoms with Crippen molar-refractivity contribution >= 4 is 35.5 Å². The second-order valence-electron chi connectivity index (χ2n) is 26.5. The maximum absolute atomic E-state index is 13.6. The highest BCUT2D eigenvalue weighted by atomic mass is 16.8. The Labute approximate surface area is 586 Å². The Bertz CT molecular complexity index is 2570. The molecule has 0 spiro atoms. The van der Waals surface area contributed by atoms with E-state index in [0.717, 1.165) is 86.0 Å². The quantitative estimate of drug-likeness (QED) is 0.0157. The molecular weight excluding hydrogens is 1350 g/mol. The third-order valence-corrected chi connectivity index (χ3v) is 18.5. The van der Waals surface area contributed by atoms with Gasteiger partial charge in [0.05, 0.1) is 32.5 Å². The fourth-order valence-corrected chi connectivity index (χ4v) is 13.2. The maximum atomic E-state index is 13.6. The molecule has 0 bridgehead atoms. The summed E-state index contributed by atoms with van der Waals surface area (Å²) in [6, 6.07) is -8.44. The van der Waals surface area contributed by atoms with E-state index in [1.165, 1.54) is 39.7 Å². The zero-order valence-electron chi connectivity index (χ0n) is 58.5. The van der Waals surface area contributed by atoms with Crippen molar-refractivity contribution in [1.82, 2.24) is 26.6 Å². The first-order valence-electron chi connectivity index (χ1n) is 34.9. The van der Waals surface area contributed by atoms with Crippen LogP contribution in [0.15, 0.2) is 12.2 Å². The van der Waals surface area contributed by atoms with Crippen LogP contribution >= 0.6 is 0 Å². The Balaban J connectivity index is 1.17. The molecule has 0 saturated carbocycles. The van der Waals surface area contributed by atoms with Gasteiger partial charge in [-0.15, -0.1) is 0 Å². The topological polar surface area (TPSA) is 525 Å². The van der Waals surface area contributed by atoms with Gasteiger partial charge in [0.15, 0.2) is 37.7 Å². The minimum absolute atomic E-state index is 0.00347. The van der Waals surface area contributed by atoms with Gasteiger partial charge in [-0.25, -0.2) is 0 Å². The van der Waals surface area contributed by atoms with Crippen LogP contribution in [-0.4, -0.2) is 321 Å². The number of allylic oxidation sites excluding steroid dienone is 2. The van der Waals surface area contributed by atoms with Gasteiger partial charge in [0.25, 0.3) is 0 Å². The van der Waals surface area contributed by atoms with Crippen LogP contribution in [0.25, 0.3) is 0 Å². The second kappa shape index (κ2) is 42.1. The van der Waals surface area contributed by atoms with E-state index in [9.17, 15) is 90.0 Å². The number of carbonyl (C=O) groups is 6. The fraction of sp³-hybridized carbons (Fsp3) is 0.877. The summed E-state index contributed by atoms with van der Waals surface area (Å²) in [5, 5.41) is 149. The number of aliphatic hydroxyl groups excluding tert-OH is 12. The SMILES string of the molecule is CCCCCC/C=C\CCCCCCCCCC(=O)NC1C(O)[C@@H](O)C(COC(C)=O)O[C@H]1O[C@@H]1C(CO)O[C@@H](O[C@@H]2C(CO)O[C@@H](O[C@@H]3C(CO)O[C@@H](O[C@@H]4C(CO[C@@H]5OC(C)[C@@H](O)C(O)C5OC)O[C@@H](O)[C@@H](NC(C)=O)C4O)C(NC(C)=O)C3O)C(NC(C)=O)C2O)C(NC(C)=O)C1O. The molecule has 0 radical (unpaired) electrons. The molecule has 6 saturated heterocycles. The predicted octanol–water partition coefficient (Wildman–Crippen LogP) is -5.11. The molecule has 6 heterocycles. The van der Waals surface area contributed by atoms with Gasteiger partial charge in [-0.1, -0.05) is 70.4 Å². The van der Waals surface area contributed by atoms with E-state index in [2.05, 4.69) is 45.7 Å². The predicted molar refractivity (Wildman–Crippen MR) is 344 cm³/mol. The fourth-order valence-electron chi connectivity index (χ4n) is 13.2. The van der Waals surface area contributed by atoms with Gasteiger partial charge in [0, 0.05) is 48.1 Å². The number of unbranched alkanes of at least 4 members (excludes halogenated alkanes) is 11. The molecule has 36 nitrogen and oxygen atoms in total. The minimum atomic E-state index is -2.06. The van der Waals surface area contributed by atoms with Crippen LogP contribution < -0.4 is 26.6 Å². The number of amides is 5. The van der Waals surface area contributed by atoms with Crippen molar-refractivity contribution < 1.29 is 152 Å². The Morgan fingerprint density at radius 3 is 1.20 bits per heavy atom. The van der Waals surface area contributed by atoms with Gasteiger partial charge in [0.1, 0.15) is 147 Å². The van der Waals surface area contributed by atoms with E-state index in [0.29, 0.717) is 6.42 Å². The van der Waals surface area contributed by atoms with Gasteiger partial charge < -0.3 is 149 Å². The van der Waals surface area contributed by atoms with Crippen LogP contribution in [0, 0.1) is 0 Å². The second-order valence-corrected chi connectivity index (χ2v) is 26.5. The molecule has 5 amide bonds. The molecule has 6 fully saturated rings. The van der Waals surface area contributed by atoms with Crippen LogP contribution in [0.3, 0.4) is 0 Å². The lowest BCUT2D eigenvalue weighted by Crippen LogP contribution is -2.72. The zero-order valence-corrected chi connectivity index (χ0v) is 58.5. The number of nitrogens with one attached hydrogen (secondary N) is 5. The van der Waals surface area contributed by atoms with Crippen molar-refractivity contribution in [3.63, 3.8) is 0 Å². The smallest absolute Gasteiger partial charge is 0.302 e. The van der Waals surface area contributed by atoms with Crippen molar-refractivity contribution in [3.05, 3.63) is 12.2 Å². The first-order chi connectivity index (χ1) is 48.1. The van der Waals surface area contributed by atoms with Crippen molar-refractivity contribution in [3.8, 4) is 0 Å². The number of hydrogen-bond donors (Lipinski definition) is 17. The van der Waals surface area contributed by atoms with Gasteiger partial charge in [-0.05, 0) is 39.0 Å². The number of methoxy groups -OCH3 is 1. The molecule has 0 aromatic heterocycles. The van der Waals surface area contributed by atoms with Crippen LogP contribution in [0.2, 0.25) is 0 Å². The summed E-state index contributed by atoms with van der Waals surface area (Å²) in [5.41, 5.74) is 0. The number of aliphatic hydroxyl groups is 12. The molecule has 0 aliphatic carbocycles. The molecule has 0 aromatic rings. The van der Waals surface area contributed by atoms with E-state index in [-0.39, 0.29) is 6.42 Å². The maximum Gasteiger partial charge on any atom is 0.302 e. The van der Waals surface area contributed by atoms with E-state index >= 15 is 0 Å².